The minimum Gasteiger partial charge on any atom is -0.393 e. The van der Waals surface area contributed by atoms with Gasteiger partial charge in [0, 0.05) is 0 Å². The van der Waals surface area contributed by atoms with Crippen molar-refractivity contribution in [2.45, 2.75) is 58.0 Å². The molecule has 12 heavy (non-hydrogen) atoms. The minimum absolute atomic E-state index is 0.0443. The lowest BCUT2D eigenvalue weighted by atomic mass is 9.82. The lowest BCUT2D eigenvalue weighted by Gasteiger charge is -2.27. The van der Waals surface area contributed by atoms with Gasteiger partial charge in [0.15, 0.2) is 0 Å². The molecule has 1 heteroatoms. The van der Waals surface area contributed by atoms with Crippen molar-refractivity contribution in [3.63, 3.8) is 0 Å². The molecule has 0 heterocycles. The Kier molecular flexibility index (Phi) is 2.16. The van der Waals surface area contributed by atoms with Gasteiger partial charge in [0.2, 0.25) is 0 Å². The van der Waals surface area contributed by atoms with Gasteiger partial charge in [-0.1, -0.05) is 26.2 Å². The van der Waals surface area contributed by atoms with Gasteiger partial charge >= 0.3 is 0 Å². The van der Waals surface area contributed by atoms with Crippen LogP contribution in [0.15, 0.2) is 0 Å². The molecule has 0 aromatic heterocycles. The van der Waals surface area contributed by atoms with E-state index < -0.39 is 0 Å². The van der Waals surface area contributed by atoms with Crippen molar-refractivity contribution < 1.29 is 5.11 Å². The van der Waals surface area contributed by atoms with Crippen LogP contribution in [-0.2, 0) is 0 Å². The van der Waals surface area contributed by atoms with E-state index in [0.29, 0.717) is 5.41 Å². The first-order valence-electron chi connectivity index (χ1n) is 5.47. The number of aliphatic hydroxyl groups excluding tert-OH is 1. The molecular formula is C11H20O. The summed E-state index contributed by atoms with van der Waals surface area (Å²) in [7, 11) is 0. The van der Waals surface area contributed by atoms with Crippen LogP contribution in [0.25, 0.3) is 0 Å². The monoisotopic (exact) mass is 168 g/mol. The van der Waals surface area contributed by atoms with Crippen LogP contribution in [0.5, 0.6) is 0 Å². The molecular weight excluding hydrogens is 148 g/mol. The second-order valence-electron chi connectivity index (χ2n) is 4.68. The molecule has 3 atom stereocenters. The lowest BCUT2D eigenvalue weighted by Crippen LogP contribution is -2.27. The molecule has 0 amide bonds. The zero-order valence-corrected chi connectivity index (χ0v) is 8.05. The number of unbranched alkanes of at least 4 members (excludes halogenated alkanes) is 1. The quantitative estimate of drug-likeness (QED) is 0.687. The van der Waals surface area contributed by atoms with Crippen LogP contribution >= 0.6 is 0 Å². The van der Waals surface area contributed by atoms with Crippen LogP contribution < -0.4 is 0 Å². The highest BCUT2D eigenvalue weighted by Crippen LogP contribution is 2.63. The van der Waals surface area contributed by atoms with Gasteiger partial charge in [0.1, 0.15) is 0 Å². The summed E-state index contributed by atoms with van der Waals surface area (Å²) in [5, 5.41) is 9.90. The second-order valence-corrected chi connectivity index (χ2v) is 4.68. The average Bonchev–Trinajstić information content (AvgIpc) is 2.78. The summed E-state index contributed by atoms with van der Waals surface area (Å²) in [6, 6.07) is 0. The first kappa shape index (κ1) is 8.55. The molecule has 0 aliphatic heterocycles. The Morgan fingerprint density at radius 1 is 1.42 bits per heavy atom. The van der Waals surface area contributed by atoms with E-state index in [9.17, 15) is 5.11 Å². The molecule has 1 N–H and O–H groups in total. The van der Waals surface area contributed by atoms with Gasteiger partial charge in [0.05, 0.1) is 6.10 Å². The van der Waals surface area contributed by atoms with Crippen LogP contribution in [0.4, 0.5) is 0 Å². The van der Waals surface area contributed by atoms with E-state index in [1.165, 1.54) is 38.5 Å². The number of rotatable bonds is 3. The maximum Gasteiger partial charge on any atom is 0.0599 e. The van der Waals surface area contributed by atoms with Crippen molar-refractivity contribution in [3.8, 4) is 0 Å². The van der Waals surface area contributed by atoms with Crippen molar-refractivity contribution in [2.24, 2.45) is 11.3 Å². The summed E-state index contributed by atoms with van der Waals surface area (Å²) in [6.45, 7) is 2.24. The Hall–Kier alpha value is -0.0400. The molecule has 2 aliphatic rings. The Balaban J connectivity index is 1.92. The Bertz CT molecular complexity index is 166. The van der Waals surface area contributed by atoms with E-state index in [-0.39, 0.29) is 6.10 Å². The van der Waals surface area contributed by atoms with Crippen LogP contribution in [0.1, 0.15) is 51.9 Å². The highest BCUT2D eigenvalue weighted by molar-refractivity contribution is 5.08. The maximum atomic E-state index is 9.90. The van der Waals surface area contributed by atoms with Crippen molar-refractivity contribution in [1.29, 1.82) is 0 Å². The summed E-state index contributed by atoms with van der Waals surface area (Å²) in [6.07, 6.45) is 8.97. The molecule has 70 valence electrons. The van der Waals surface area contributed by atoms with Gasteiger partial charge in [-0.25, -0.2) is 0 Å². The first-order valence-corrected chi connectivity index (χ1v) is 5.47. The zero-order chi connectivity index (χ0) is 8.60. The van der Waals surface area contributed by atoms with Gasteiger partial charge in [-0.2, -0.15) is 0 Å². The summed E-state index contributed by atoms with van der Waals surface area (Å²) in [5.41, 5.74) is 0.411. The SMILES string of the molecule is CCCCC12CC1CCCC2O. The van der Waals surface area contributed by atoms with Crippen LogP contribution in [0.3, 0.4) is 0 Å². The highest BCUT2D eigenvalue weighted by atomic mass is 16.3. The maximum absolute atomic E-state index is 9.90. The van der Waals surface area contributed by atoms with Crippen LogP contribution in [0, 0.1) is 11.3 Å². The molecule has 2 fully saturated rings. The molecule has 0 radical (unpaired) electrons. The van der Waals surface area contributed by atoms with E-state index in [2.05, 4.69) is 6.92 Å². The van der Waals surface area contributed by atoms with Crippen molar-refractivity contribution in [2.75, 3.05) is 0 Å². The fourth-order valence-corrected chi connectivity index (χ4v) is 3.02. The molecule has 0 aromatic carbocycles. The predicted octanol–water partition coefficient (Wildman–Crippen LogP) is 2.73. The summed E-state index contributed by atoms with van der Waals surface area (Å²) in [5.74, 6) is 0.896. The van der Waals surface area contributed by atoms with Gasteiger partial charge in [0.25, 0.3) is 0 Å². The molecule has 2 rings (SSSR count). The number of hydrogen-bond donors (Lipinski definition) is 1. The molecule has 1 nitrogen and oxygen atoms in total. The smallest absolute Gasteiger partial charge is 0.0599 e. The van der Waals surface area contributed by atoms with Gasteiger partial charge in [-0.15, -0.1) is 0 Å². The van der Waals surface area contributed by atoms with Crippen LogP contribution in [-0.4, -0.2) is 11.2 Å². The molecule has 0 bridgehead atoms. The Labute approximate surface area is 75.2 Å². The Morgan fingerprint density at radius 3 is 2.92 bits per heavy atom. The summed E-state index contributed by atoms with van der Waals surface area (Å²) < 4.78 is 0. The predicted molar refractivity (Wildman–Crippen MR) is 49.9 cm³/mol. The third kappa shape index (κ3) is 1.19. The summed E-state index contributed by atoms with van der Waals surface area (Å²) >= 11 is 0. The molecule has 2 aliphatic carbocycles. The first-order chi connectivity index (χ1) is 5.79. The van der Waals surface area contributed by atoms with Gasteiger partial charge in [-0.05, 0) is 37.0 Å². The fraction of sp³-hybridized carbons (Fsp3) is 1.00. The fourth-order valence-electron chi connectivity index (χ4n) is 3.02. The van der Waals surface area contributed by atoms with Gasteiger partial charge < -0.3 is 5.11 Å². The van der Waals surface area contributed by atoms with E-state index in [4.69, 9.17) is 0 Å². The van der Waals surface area contributed by atoms with Crippen molar-refractivity contribution in [3.05, 3.63) is 0 Å². The highest BCUT2D eigenvalue weighted by Gasteiger charge is 2.58. The topological polar surface area (TPSA) is 20.2 Å². The number of fused-ring (bicyclic) bond motifs is 1. The van der Waals surface area contributed by atoms with E-state index in [1.807, 2.05) is 0 Å². The van der Waals surface area contributed by atoms with E-state index in [1.54, 1.807) is 0 Å². The molecule has 0 saturated heterocycles. The van der Waals surface area contributed by atoms with Crippen LogP contribution in [0.2, 0.25) is 0 Å². The molecule has 2 saturated carbocycles. The largest absolute Gasteiger partial charge is 0.393 e. The van der Waals surface area contributed by atoms with Gasteiger partial charge in [-0.3, -0.25) is 0 Å². The average molecular weight is 168 g/mol. The number of hydrogen-bond acceptors (Lipinski definition) is 1. The Morgan fingerprint density at radius 2 is 2.25 bits per heavy atom. The van der Waals surface area contributed by atoms with Crippen molar-refractivity contribution in [1.82, 2.24) is 0 Å². The number of aliphatic hydroxyl groups is 1. The minimum atomic E-state index is 0.0443. The molecule has 3 unspecified atom stereocenters. The summed E-state index contributed by atoms with van der Waals surface area (Å²) in [4.78, 5) is 0. The normalized spacial score (nSPS) is 45.5. The molecule has 0 aromatic rings. The third-order valence-corrected chi connectivity index (χ3v) is 3.97. The molecule has 0 spiro atoms. The second kappa shape index (κ2) is 3.02. The van der Waals surface area contributed by atoms with Crippen molar-refractivity contribution >= 4 is 0 Å². The van der Waals surface area contributed by atoms with E-state index >= 15 is 0 Å². The standard InChI is InChI=1S/C11H20O/c1-2-3-7-11-8-9(11)5-4-6-10(11)12/h9-10,12H,2-8H2,1H3. The zero-order valence-electron chi connectivity index (χ0n) is 8.05. The van der Waals surface area contributed by atoms with E-state index in [0.717, 1.165) is 12.3 Å². The third-order valence-electron chi connectivity index (χ3n) is 3.97. The lowest BCUT2D eigenvalue weighted by molar-refractivity contribution is 0.0476.